The number of nitrogens with one attached hydrogen (secondary N) is 1. The van der Waals surface area contributed by atoms with Gasteiger partial charge in [0.05, 0.1) is 23.4 Å². The van der Waals surface area contributed by atoms with E-state index in [9.17, 15) is 9.59 Å². The summed E-state index contributed by atoms with van der Waals surface area (Å²) in [4.78, 5) is 25.5. The maximum atomic E-state index is 12.1. The Morgan fingerprint density at radius 2 is 2.29 bits per heavy atom. The predicted molar refractivity (Wildman–Crippen MR) is 80.2 cm³/mol. The molecule has 3 N–H and O–H groups in total. The number of hydrogen-bond acceptors (Lipinski definition) is 4. The number of nitrogens with zero attached hydrogens (tertiary/aromatic N) is 1. The van der Waals surface area contributed by atoms with Crippen molar-refractivity contribution < 1.29 is 14.3 Å². The van der Waals surface area contributed by atoms with Crippen molar-refractivity contribution in [3.05, 3.63) is 29.3 Å². The molecule has 1 aromatic carbocycles. The molecule has 0 aromatic heterocycles. The molecule has 0 spiro atoms. The van der Waals surface area contributed by atoms with Crippen LogP contribution in [-0.4, -0.2) is 44.2 Å². The van der Waals surface area contributed by atoms with E-state index in [4.69, 9.17) is 22.1 Å². The maximum Gasteiger partial charge on any atom is 0.239 e. The quantitative estimate of drug-likeness (QED) is 0.831. The first-order valence-corrected chi connectivity index (χ1v) is 7.00. The number of amides is 2. The molecule has 0 saturated carbocycles. The van der Waals surface area contributed by atoms with Gasteiger partial charge in [0.25, 0.3) is 0 Å². The first kappa shape index (κ1) is 15.8. The van der Waals surface area contributed by atoms with Crippen molar-refractivity contribution >= 4 is 29.1 Å². The van der Waals surface area contributed by atoms with Crippen molar-refractivity contribution in [2.75, 3.05) is 25.2 Å². The fourth-order valence-corrected chi connectivity index (χ4v) is 2.51. The smallest absolute Gasteiger partial charge is 0.239 e. The van der Waals surface area contributed by atoms with Gasteiger partial charge in [-0.2, -0.15) is 0 Å². The number of carbonyl (C=O) groups excluding carboxylic acids is 2. The van der Waals surface area contributed by atoms with Gasteiger partial charge in [0.1, 0.15) is 6.04 Å². The molecule has 0 bridgehead atoms. The number of benzene rings is 1. The number of hydrogen-bond donors (Lipinski definition) is 2. The summed E-state index contributed by atoms with van der Waals surface area (Å²) in [5.41, 5.74) is 6.31. The van der Waals surface area contributed by atoms with Crippen molar-refractivity contribution in [2.24, 2.45) is 5.73 Å². The summed E-state index contributed by atoms with van der Waals surface area (Å²) in [6.45, 7) is 0.523. The zero-order valence-electron chi connectivity index (χ0n) is 11.7. The van der Waals surface area contributed by atoms with E-state index in [1.165, 1.54) is 7.11 Å². The third-order valence-electron chi connectivity index (χ3n) is 3.30. The number of para-hydroxylation sites is 1. The number of rotatable bonds is 5. The van der Waals surface area contributed by atoms with Crippen LogP contribution < -0.4 is 16.0 Å². The van der Waals surface area contributed by atoms with Crippen molar-refractivity contribution in [1.29, 1.82) is 0 Å². The van der Waals surface area contributed by atoms with Crippen molar-refractivity contribution in [3.8, 4) is 0 Å². The van der Waals surface area contributed by atoms with Gasteiger partial charge in [0.2, 0.25) is 11.8 Å². The Kier molecular flexibility index (Phi) is 5.17. The van der Waals surface area contributed by atoms with Crippen LogP contribution in [0.3, 0.4) is 0 Å². The van der Waals surface area contributed by atoms with Gasteiger partial charge in [0, 0.05) is 20.1 Å². The molecule has 2 unspecified atom stereocenters. The van der Waals surface area contributed by atoms with Crippen molar-refractivity contribution in [1.82, 2.24) is 5.32 Å². The Morgan fingerprint density at radius 1 is 1.57 bits per heavy atom. The first-order chi connectivity index (χ1) is 10.0. The SMILES string of the molecule is COCC(N)C(=O)NC1CC(=O)N(c2ccccc2Cl)C1. The highest BCUT2D eigenvalue weighted by atomic mass is 35.5. The molecule has 6 nitrogen and oxygen atoms in total. The van der Waals surface area contributed by atoms with Gasteiger partial charge in [-0.15, -0.1) is 0 Å². The van der Waals surface area contributed by atoms with Gasteiger partial charge in [-0.3, -0.25) is 9.59 Å². The molecule has 2 atom stereocenters. The number of ether oxygens (including phenoxy) is 1. The van der Waals surface area contributed by atoms with E-state index in [0.717, 1.165) is 0 Å². The van der Waals surface area contributed by atoms with Gasteiger partial charge in [-0.25, -0.2) is 0 Å². The van der Waals surface area contributed by atoms with E-state index in [0.29, 0.717) is 17.3 Å². The van der Waals surface area contributed by atoms with E-state index in [1.807, 2.05) is 6.07 Å². The van der Waals surface area contributed by atoms with Crippen LogP contribution >= 0.6 is 11.6 Å². The highest BCUT2D eigenvalue weighted by Gasteiger charge is 2.33. The Morgan fingerprint density at radius 3 is 2.95 bits per heavy atom. The lowest BCUT2D eigenvalue weighted by Crippen LogP contribution is -2.48. The van der Waals surface area contributed by atoms with Gasteiger partial charge in [-0.05, 0) is 12.1 Å². The average Bonchev–Trinajstić information content (AvgIpc) is 2.80. The van der Waals surface area contributed by atoms with Crippen LogP contribution in [0.4, 0.5) is 5.69 Å². The molecule has 0 aliphatic carbocycles. The highest BCUT2D eigenvalue weighted by molar-refractivity contribution is 6.33. The van der Waals surface area contributed by atoms with Crippen LogP contribution in [0.1, 0.15) is 6.42 Å². The molecular formula is C14H18ClN3O3. The van der Waals surface area contributed by atoms with Crippen LogP contribution in [0.25, 0.3) is 0 Å². The van der Waals surface area contributed by atoms with Crippen LogP contribution in [0.15, 0.2) is 24.3 Å². The average molecular weight is 312 g/mol. The second-order valence-corrected chi connectivity index (χ2v) is 5.33. The maximum absolute atomic E-state index is 12.1. The van der Waals surface area contributed by atoms with E-state index in [-0.39, 0.29) is 30.9 Å². The van der Waals surface area contributed by atoms with E-state index in [2.05, 4.69) is 5.32 Å². The van der Waals surface area contributed by atoms with E-state index >= 15 is 0 Å². The summed E-state index contributed by atoms with van der Waals surface area (Å²) in [6, 6.07) is 6.11. The molecule has 1 aromatic rings. The molecule has 2 amide bonds. The lowest BCUT2D eigenvalue weighted by atomic mass is 10.2. The third-order valence-corrected chi connectivity index (χ3v) is 3.62. The van der Waals surface area contributed by atoms with Gasteiger partial charge < -0.3 is 20.7 Å². The summed E-state index contributed by atoms with van der Waals surface area (Å²) < 4.78 is 4.84. The minimum atomic E-state index is -0.737. The van der Waals surface area contributed by atoms with E-state index in [1.54, 1.807) is 23.1 Å². The molecule has 1 saturated heterocycles. The number of methoxy groups -OCH3 is 1. The molecule has 7 heteroatoms. The molecule has 1 aliphatic heterocycles. The second kappa shape index (κ2) is 6.89. The number of nitrogens with two attached hydrogens (primary N) is 1. The third kappa shape index (κ3) is 3.72. The van der Waals surface area contributed by atoms with Gasteiger partial charge in [0.15, 0.2) is 0 Å². The molecule has 1 aliphatic rings. The largest absolute Gasteiger partial charge is 0.383 e. The Balaban J connectivity index is 2.00. The Bertz CT molecular complexity index is 538. The highest BCUT2D eigenvalue weighted by Crippen LogP contribution is 2.28. The van der Waals surface area contributed by atoms with Crippen LogP contribution in [0, 0.1) is 0 Å². The van der Waals surface area contributed by atoms with Crippen LogP contribution in [-0.2, 0) is 14.3 Å². The number of halogens is 1. The van der Waals surface area contributed by atoms with Gasteiger partial charge in [-0.1, -0.05) is 23.7 Å². The predicted octanol–water partition coefficient (Wildman–Crippen LogP) is 0.535. The topological polar surface area (TPSA) is 84.7 Å². The minimum Gasteiger partial charge on any atom is -0.383 e. The standard InChI is InChI=1S/C14H18ClN3O3/c1-21-8-11(16)14(20)17-9-6-13(19)18(7-9)12-5-3-2-4-10(12)15/h2-5,9,11H,6-8,16H2,1H3,(H,17,20). The second-order valence-electron chi connectivity index (χ2n) is 4.93. The first-order valence-electron chi connectivity index (χ1n) is 6.62. The Hall–Kier alpha value is -1.63. The molecule has 114 valence electrons. The van der Waals surface area contributed by atoms with Crippen LogP contribution in [0.2, 0.25) is 5.02 Å². The summed E-state index contributed by atoms with van der Waals surface area (Å²) >= 11 is 6.10. The summed E-state index contributed by atoms with van der Waals surface area (Å²) in [5.74, 6) is -0.399. The number of anilines is 1. The summed E-state index contributed by atoms with van der Waals surface area (Å²) in [6.07, 6.45) is 0.233. The van der Waals surface area contributed by atoms with Crippen molar-refractivity contribution in [2.45, 2.75) is 18.5 Å². The lowest BCUT2D eigenvalue weighted by Gasteiger charge is -2.19. The summed E-state index contributed by atoms with van der Waals surface area (Å²) in [7, 11) is 1.48. The summed E-state index contributed by atoms with van der Waals surface area (Å²) in [5, 5.41) is 3.27. The molecule has 2 rings (SSSR count). The van der Waals surface area contributed by atoms with E-state index < -0.39 is 6.04 Å². The number of carbonyl (C=O) groups is 2. The molecule has 0 radical (unpaired) electrons. The fourth-order valence-electron chi connectivity index (χ4n) is 2.27. The molecule has 1 heterocycles. The normalized spacial score (nSPS) is 19.7. The molecular weight excluding hydrogens is 294 g/mol. The van der Waals surface area contributed by atoms with Crippen molar-refractivity contribution in [3.63, 3.8) is 0 Å². The van der Waals surface area contributed by atoms with Gasteiger partial charge >= 0.3 is 0 Å². The lowest BCUT2D eigenvalue weighted by molar-refractivity contribution is -0.124. The fraction of sp³-hybridized carbons (Fsp3) is 0.429. The zero-order valence-corrected chi connectivity index (χ0v) is 12.5. The monoisotopic (exact) mass is 311 g/mol. The molecule has 21 heavy (non-hydrogen) atoms. The minimum absolute atomic E-state index is 0.0753. The van der Waals surface area contributed by atoms with Crippen LogP contribution in [0.5, 0.6) is 0 Å². The zero-order chi connectivity index (χ0) is 15.4. The molecule has 1 fully saturated rings. The Labute approximate surface area is 128 Å².